The van der Waals surface area contributed by atoms with Gasteiger partial charge in [-0.25, -0.2) is 4.79 Å². The van der Waals surface area contributed by atoms with Gasteiger partial charge in [0, 0.05) is 18.2 Å². The molecule has 1 atom stereocenters. The smallest absolute Gasteiger partial charge is 0.322 e. The Bertz CT molecular complexity index is 663. The summed E-state index contributed by atoms with van der Waals surface area (Å²) in [6.45, 7) is 0.390. The third kappa shape index (κ3) is 1.99. The fourth-order valence-electron chi connectivity index (χ4n) is 2.01. The van der Waals surface area contributed by atoms with Crippen LogP contribution in [0.15, 0.2) is 27.9 Å². The van der Waals surface area contributed by atoms with E-state index < -0.39 is 18.0 Å². The zero-order chi connectivity index (χ0) is 13.4. The van der Waals surface area contributed by atoms with Crippen LogP contribution in [0.4, 0.5) is 4.79 Å². The van der Waals surface area contributed by atoms with E-state index in [2.05, 4.69) is 16.4 Å². The Kier molecular flexibility index (Phi) is 2.59. The van der Waals surface area contributed by atoms with Crippen molar-refractivity contribution in [2.75, 3.05) is 6.54 Å². The average molecular weight is 257 g/mol. The highest BCUT2D eigenvalue weighted by molar-refractivity contribution is 6.04. The van der Waals surface area contributed by atoms with E-state index in [0.717, 1.165) is 11.1 Å². The number of nitrogens with two attached hydrogens (primary N) is 1. The van der Waals surface area contributed by atoms with Crippen LogP contribution in [0.1, 0.15) is 23.1 Å². The van der Waals surface area contributed by atoms with Crippen molar-refractivity contribution in [3.8, 4) is 0 Å². The van der Waals surface area contributed by atoms with Gasteiger partial charge in [0.15, 0.2) is 6.04 Å². The normalized spacial score (nSPS) is 20.7. The topological polar surface area (TPSA) is 97.4 Å². The number of hydrogen-bond donors (Lipinski definition) is 3. The first kappa shape index (κ1) is 11.5. The van der Waals surface area contributed by atoms with Gasteiger partial charge in [0.1, 0.15) is 11.5 Å². The Labute approximate surface area is 108 Å². The van der Waals surface area contributed by atoms with E-state index in [4.69, 9.17) is 10.2 Å². The Hall–Kier alpha value is -2.56. The van der Waals surface area contributed by atoms with Crippen molar-refractivity contribution in [2.24, 2.45) is 5.73 Å². The summed E-state index contributed by atoms with van der Waals surface area (Å²) < 4.78 is 5.58. The van der Waals surface area contributed by atoms with Gasteiger partial charge in [-0.05, 0) is 23.8 Å². The molecule has 3 amide bonds. The maximum atomic E-state index is 11.6. The minimum absolute atomic E-state index is 0.390. The molecule has 0 radical (unpaired) electrons. The molecule has 2 heterocycles. The Morgan fingerprint density at radius 2 is 2.21 bits per heavy atom. The number of carbonyl (C=O) groups is 2. The number of urea groups is 1. The van der Waals surface area contributed by atoms with E-state index in [9.17, 15) is 9.59 Å². The van der Waals surface area contributed by atoms with Gasteiger partial charge in [0.25, 0.3) is 5.91 Å². The van der Waals surface area contributed by atoms with Gasteiger partial charge < -0.3 is 15.5 Å². The van der Waals surface area contributed by atoms with Crippen molar-refractivity contribution in [2.45, 2.75) is 6.04 Å². The first-order chi connectivity index (χ1) is 9.17. The predicted octanol–water partition coefficient (Wildman–Crippen LogP) is 0.684. The SMILES string of the molecule is NCC1=Cc2cc(C3NC(=O)NC3=O)oc2C=C=C1. The number of carbonyl (C=O) groups excluding carboxylic acids is 2. The summed E-state index contributed by atoms with van der Waals surface area (Å²) in [6.07, 6.45) is 5.32. The second-order valence-electron chi connectivity index (χ2n) is 4.24. The van der Waals surface area contributed by atoms with Crippen LogP contribution in [0.5, 0.6) is 0 Å². The lowest BCUT2D eigenvalue weighted by Gasteiger charge is -2.01. The molecule has 0 bridgehead atoms. The molecule has 2 aliphatic rings. The molecule has 96 valence electrons. The number of amides is 3. The molecule has 0 spiro atoms. The van der Waals surface area contributed by atoms with Gasteiger partial charge in [0.2, 0.25) is 0 Å². The molecule has 1 aromatic heterocycles. The number of imide groups is 1. The first-order valence-electron chi connectivity index (χ1n) is 5.75. The van der Waals surface area contributed by atoms with Crippen LogP contribution in [0.2, 0.25) is 0 Å². The van der Waals surface area contributed by atoms with Gasteiger partial charge in [-0.15, -0.1) is 5.73 Å². The minimum atomic E-state index is -0.786. The molecule has 3 rings (SSSR count). The maximum Gasteiger partial charge on any atom is 0.322 e. The maximum absolute atomic E-state index is 11.6. The predicted molar refractivity (Wildman–Crippen MR) is 67.7 cm³/mol. The zero-order valence-electron chi connectivity index (χ0n) is 9.90. The summed E-state index contributed by atoms with van der Waals surface area (Å²) in [7, 11) is 0. The lowest BCUT2D eigenvalue weighted by molar-refractivity contribution is -0.120. The second kappa shape index (κ2) is 4.28. The molecule has 1 fully saturated rings. The lowest BCUT2D eigenvalue weighted by atomic mass is 10.1. The molecule has 6 nitrogen and oxygen atoms in total. The van der Waals surface area contributed by atoms with E-state index in [1.807, 2.05) is 6.08 Å². The number of fused-ring (bicyclic) bond motifs is 1. The highest BCUT2D eigenvalue weighted by atomic mass is 16.3. The van der Waals surface area contributed by atoms with E-state index >= 15 is 0 Å². The van der Waals surface area contributed by atoms with Crippen LogP contribution in [0.3, 0.4) is 0 Å². The van der Waals surface area contributed by atoms with Gasteiger partial charge in [0.05, 0.1) is 0 Å². The third-order valence-electron chi connectivity index (χ3n) is 2.93. The number of furan rings is 1. The summed E-state index contributed by atoms with van der Waals surface area (Å²) in [6, 6.07) is 0.416. The van der Waals surface area contributed by atoms with E-state index in [1.54, 1.807) is 18.2 Å². The Morgan fingerprint density at radius 3 is 2.89 bits per heavy atom. The minimum Gasteiger partial charge on any atom is -0.458 e. The van der Waals surface area contributed by atoms with Crippen molar-refractivity contribution < 1.29 is 14.0 Å². The molecule has 6 heteroatoms. The molecular formula is C13H11N3O3. The summed E-state index contributed by atoms with van der Waals surface area (Å²) >= 11 is 0. The summed E-state index contributed by atoms with van der Waals surface area (Å²) in [4.78, 5) is 22.7. The van der Waals surface area contributed by atoms with Crippen LogP contribution in [-0.2, 0) is 4.79 Å². The highest BCUT2D eigenvalue weighted by Crippen LogP contribution is 2.27. The van der Waals surface area contributed by atoms with Crippen molar-refractivity contribution >= 4 is 24.1 Å². The second-order valence-corrected chi connectivity index (χ2v) is 4.24. The summed E-state index contributed by atoms with van der Waals surface area (Å²) in [5.41, 5.74) is 10.3. The molecular weight excluding hydrogens is 246 g/mol. The molecule has 1 unspecified atom stereocenters. The molecule has 1 aliphatic heterocycles. The molecule has 1 aliphatic carbocycles. The first-order valence-corrected chi connectivity index (χ1v) is 5.75. The molecule has 0 aromatic carbocycles. The summed E-state index contributed by atoms with van der Waals surface area (Å²) in [5, 5.41) is 4.65. The van der Waals surface area contributed by atoms with Crippen LogP contribution >= 0.6 is 0 Å². The van der Waals surface area contributed by atoms with Crippen LogP contribution in [0.25, 0.3) is 12.2 Å². The van der Waals surface area contributed by atoms with E-state index in [0.29, 0.717) is 18.1 Å². The van der Waals surface area contributed by atoms with E-state index in [-0.39, 0.29) is 0 Å². The number of rotatable bonds is 2. The van der Waals surface area contributed by atoms with Gasteiger partial charge in [-0.2, -0.15) is 0 Å². The molecule has 0 saturated carbocycles. The van der Waals surface area contributed by atoms with Crippen LogP contribution in [0, 0.1) is 0 Å². The molecule has 1 aromatic rings. The molecule has 19 heavy (non-hydrogen) atoms. The Balaban J connectivity index is 2.00. The summed E-state index contributed by atoms with van der Waals surface area (Å²) in [5.74, 6) is 0.557. The van der Waals surface area contributed by atoms with Crippen LogP contribution < -0.4 is 16.4 Å². The third-order valence-corrected chi connectivity index (χ3v) is 2.93. The zero-order valence-corrected chi connectivity index (χ0v) is 9.90. The van der Waals surface area contributed by atoms with E-state index in [1.165, 1.54) is 0 Å². The van der Waals surface area contributed by atoms with Crippen molar-refractivity contribution in [1.29, 1.82) is 0 Å². The standard InChI is InChI=1S/C13H11N3O3/c14-6-7-2-1-3-9-8(4-7)5-10(19-9)11-12(17)16-13(18)15-11/h2-5,11H,6,14H2,(H2,15,16,17,18). The fourth-order valence-corrected chi connectivity index (χ4v) is 2.01. The Morgan fingerprint density at radius 1 is 1.37 bits per heavy atom. The van der Waals surface area contributed by atoms with Gasteiger partial charge >= 0.3 is 6.03 Å². The van der Waals surface area contributed by atoms with Crippen molar-refractivity contribution in [3.05, 3.63) is 40.5 Å². The van der Waals surface area contributed by atoms with Crippen molar-refractivity contribution in [1.82, 2.24) is 10.6 Å². The fraction of sp³-hybridized carbons (Fsp3) is 0.154. The number of hydrogen-bond acceptors (Lipinski definition) is 4. The largest absolute Gasteiger partial charge is 0.458 e. The monoisotopic (exact) mass is 257 g/mol. The van der Waals surface area contributed by atoms with Crippen molar-refractivity contribution in [3.63, 3.8) is 0 Å². The van der Waals surface area contributed by atoms with Gasteiger partial charge in [-0.1, -0.05) is 0 Å². The lowest BCUT2D eigenvalue weighted by Crippen LogP contribution is -2.22. The number of nitrogens with one attached hydrogen (secondary N) is 2. The van der Waals surface area contributed by atoms with Crippen LogP contribution in [-0.4, -0.2) is 18.5 Å². The quantitative estimate of drug-likeness (QED) is 0.536. The highest BCUT2D eigenvalue weighted by Gasteiger charge is 2.33. The van der Waals surface area contributed by atoms with Gasteiger partial charge in [-0.3, -0.25) is 10.1 Å². The molecule has 4 N–H and O–H groups in total. The molecule has 1 saturated heterocycles. The average Bonchev–Trinajstić information content (AvgIpc) is 2.86.